The first-order chi connectivity index (χ1) is 9.26. The van der Waals surface area contributed by atoms with E-state index in [0.29, 0.717) is 5.02 Å². The Hall–Kier alpha value is -2.00. The molecule has 0 N–H and O–H groups in total. The van der Waals surface area contributed by atoms with E-state index < -0.39 is 0 Å². The highest BCUT2D eigenvalue weighted by molar-refractivity contribution is 6.30. The third-order valence-corrected chi connectivity index (χ3v) is 3.29. The first kappa shape index (κ1) is 12.1. The maximum Gasteiger partial charge on any atom is 0.119 e. The van der Waals surface area contributed by atoms with Gasteiger partial charge in [0, 0.05) is 12.6 Å². The highest BCUT2D eigenvalue weighted by Crippen LogP contribution is 2.18. The van der Waals surface area contributed by atoms with Gasteiger partial charge < -0.3 is 9.14 Å². The number of ether oxygens (including phenoxy) is 1. The molecule has 0 atom stereocenters. The van der Waals surface area contributed by atoms with Gasteiger partial charge in [0.05, 0.1) is 23.8 Å². The van der Waals surface area contributed by atoms with E-state index in [1.54, 1.807) is 7.11 Å². The van der Waals surface area contributed by atoms with Crippen molar-refractivity contribution < 1.29 is 4.74 Å². The van der Waals surface area contributed by atoms with Gasteiger partial charge in [0.15, 0.2) is 0 Å². The first-order valence-corrected chi connectivity index (χ1v) is 6.38. The van der Waals surface area contributed by atoms with Gasteiger partial charge in [0.25, 0.3) is 0 Å². The van der Waals surface area contributed by atoms with E-state index in [-0.39, 0.29) is 0 Å². The minimum absolute atomic E-state index is 0.706. The molecule has 2 heterocycles. The molecule has 0 aliphatic heterocycles. The Bertz CT molecular complexity index is 721. The molecular formula is C15H13ClN2O. The number of nitrogens with zero attached hydrogens (tertiary/aromatic N) is 2. The summed E-state index contributed by atoms with van der Waals surface area (Å²) in [5.74, 6) is 1.82. The number of benzene rings is 1. The first-order valence-electron chi connectivity index (χ1n) is 6.01. The van der Waals surface area contributed by atoms with Crippen LogP contribution in [0.25, 0.3) is 5.52 Å². The van der Waals surface area contributed by atoms with Gasteiger partial charge in [-0.15, -0.1) is 0 Å². The molecule has 0 fully saturated rings. The number of pyridine rings is 1. The lowest BCUT2D eigenvalue weighted by Gasteiger charge is -2.04. The normalized spacial score (nSPS) is 10.8. The minimum Gasteiger partial charge on any atom is -0.497 e. The molecule has 2 aromatic heterocycles. The van der Waals surface area contributed by atoms with Gasteiger partial charge in [-0.25, -0.2) is 4.98 Å². The lowest BCUT2D eigenvalue weighted by Crippen LogP contribution is -1.96. The fourth-order valence-electron chi connectivity index (χ4n) is 2.11. The summed E-state index contributed by atoms with van der Waals surface area (Å²) in [6.07, 6.45) is 4.48. The van der Waals surface area contributed by atoms with Gasteiger partial charge >= 0.3 is 0 Å². The number of hydrogen-bond donors (Lipinski definition) is 0. The van der Waals surface area contributed by atoms with E-state index in [9.17, 15) is 0 Å². The van der Waals surface area contributed by atoms with Crippen molar-refractivity contribution in [1.29, 1.82) is 0 Å². The van der Waals surface area contributed by atoms with Gasteiger partial charge in [-0.2, -0.15) is 0 Å². The van der Waals surface area contributed by atoms with E-state index in [1.807, 2.05) is 47.1 Å². The number of methoxy groups -OCH3 is 1. The molecule has 0 aliphatic carbocycles. The van der Waals surface area contributed by atoms with Crippen LogP contribution in [-0.2, 0) is 6.42 Å². The molecule has 0 unspecified atom stereocenters. The average Bonchev–Trinajstić information content (AvgIpc) is 2.81. The Kier molecular flexibility index (Phi) is 3.13. The molecule has 0 bridgehead atoms. The second kappa shape index (κ2) is 4.94. The zero-order valence-corrected chi connectivity index (χ0v) is 11.3. The van der Waals surface area contributed by atoms with Crippen LogP contribution in [0.2, 0.25) is 5.02 Å². The van der Waals surface area contributed by atoms with Crippen molar-refractivity contribution in [2.24, 2.45) is 0 Å². The fraction of sp³-hybridized carbons (Fsp3) is 0.133. The Morgan fingerprint density at radius 3 is 3.00 bits per heavy atom. The van der Waals surface area contributed by atoms with Crippen LogP contribution >= 0.6 is 11.6 Å². The third-order valence-electron chi connectivity index (χ3n) is 3.06. The molecule has 0 amide bonds. The average molecular weight is 273 g/mol. The number of fused-ring (bicyclic) bond motifs is 1. The van der Waals surface area contributed by atoms with Gasteiger partial charge in [-0.3, -0.25) is 0 Å². The zero-order chi connectivity index (χ0) is 13.2. The molecule has 0 saturated carbocycles. The van der Waals surface area contributed by atoms with Crippen LogP contribution in [-0.4, -0.2) is 16.5 Å². The summed E-state index contributed by atoms with van der Waals surface area (Å²) in [5, 5.41) is 0.706. The highest BCUT2D eigenvalue weighted by atomic mass is 35.5. The largest absolute Gasteiger partial charge is 0.497 e. The summed E-state index contributed by atoms with van der Waals surface area (Å²) in [6.45, 7) is 0. The molecule has 19 heavy (non-hydrogen) atoms. The van der Waals surface area contributed by atoms with Crippen molar-refractivity contribution >= 4 is 17.1 Å². The van der Waals surface area contributed by atoms with Crippen molar-refractivity contribution in [2.75, 3.05) is 7.11 Å². The Labute approximate surface area is 116 Å². The molecule has 3 nitrogen and oxygen atoms in total. The number of halogens is 1. The van der Waals surface area contributed by atoms with Crippen LogP contribution in [0.5, 0.6) is 5.75 Å². The van der Waals surface area contributed by atoms with Crippen LogP contribution in [0.15, 0.2) is 48.8 Å². The lowest BCUT2D eigenvalue weighted by atomic mass is 10.1. The van der Waals surface area contributed by atoms with Crippen molar-refractivity contribution in [3.05, 3.63) is 65.2 Å². The summed E-state index contributed by atoms with van der Waals surface area (Å²) in [4.78, 5) is 4.45. The molecule has 3 aromatic rings. The smallest absolute Gasteiger partial charge is 0.119 e. The van der Waals surface area contributed by atoms with Gasteiger partial charge in [0.2, 0.25) is 0 Å². The third kappa shape index (κ3) is 2.42. The second-order valence-electron chi connectivity index (χ2n) is 4.34. The molecule has 0 spiro atoms. The van der Waals surface area contributed by atoms with E-state index in [4.69, 9.17) is 16.3 Å². The number of hydrogen-bond acceptors (Lipinski definition) is 2. The van der Waals surface area contributed by atoms with Crippen LogP contribution in [0.1, 0.15) is 11.4 Å². The van der Waals surface area contributed by atoms with Crippen molar-refractivity contribution in [1.82, 2.24) is 9.38 Å². The van der Waals surface area contributed by atoms with E-state index in [1.165, 1.54) is 0 Å². The zero-order valence-electron chi connectivity index (χ0n) is 10.5. The summed E-state index contributed by atoms with van der Waals surface area (Å²) in [5.41, 5.74) is 2.20. The maximum absolute atomic E-state index is 6.03. The van der Waals surface area contributed by atoms with E-state index in [2.05, 4.69) is 11.1 Å². The van der Waals surface area contributed by atoms with Crippen LogP contribution < -0.4 is 4.74 Å². The van der Waals surface area contributed by atoms with Gasteiger partial charge in [0.1, 0.15) is 11.6 Å². The van der Waals surface area contributed by atoms with Crippen molar-refractivity contribution in [3.63, 3.8) is 0 Å². The van der Waals surface area contributed by atoms with Crippen molar-refractivity contribution in [2.45, 2.75) is 6.42 Å². The quantitative estimate of drug-likeness (QED) is 0.728. The van der Waals surface area contributed by atoms with Gasteiger partial charge in [-0.05, 0) is 29.8 Å². The second-order valence-corrected chi connectivity index (χ2v) is 4.78. The molecule has 0 radical (unpaired) electrons. The number of imidazole rings is 1. The highest BCUT2D eigenvalue weighted by Gasteiger charge is 2.06. The molecule has 1 aromatic carbocycles. The maximum atomic E-state index is 6.03. The van der Waals surface area contributed by atoms with Crippen LogP contribution in [0, 0.1) is 0 Å². The number of rotatable bonds is 3. The summed E-state index contributed by atoms with van der Waals surface area (Å²) in [6, 6.07) is 11.8. The summed E-state index contributed by atoms with van der Waals surface area (Å²) in [7, 11) is 1.67. The van der Waals surface area contributed by atoms with E-state index in [0.717, 1.165) is 29.1 Å². The molecule has 4 heteroatoms. The lowest BCUT2D eigenvalue weighted by molar-refractivity contribution is 0.414. The SMILES string of the molecule is COc1cccc(Cc2ncc3ccc(Cl)cn23)c1. The summed E-state index contributed by atoms with van der Waals surface area (Å²) >= 11 is 6.03. The van der Waals surface area contributed by atoms with E-state index >= 15 is 0 Å². The number of aromatic nitrogens is 2. The van der Waals surface area contributed by atoms with Crippen molar-refractivity contribution in [3.8, 4) is 5.75 Å². The minimum atomic E-state index is 0.706. The monoisotopic (exact) mass is 272 g/mol. The molecule has 96 valence electrons. The molecule has 0 saturated heterocycles. The summed E-state index contributed by atoms with van der Waals surface area (Å²) < 4.78 is 7.25. The predicted octanol–water partition coefficient (Wildman–Crippen LogP) is 3.59. The fourth-order valence-corrected chi connectivity index (χ4v) is 2.27. The Morgan fingerprint density at radius 1 is 1.26 bits per heavy atom. The van der Waals surface area contributed by atoms with Crippen LogP contribution in [0.3, 0.4) is 0 Å². The standard InChI is InChI=1S/C15H13ClN2O/c1-19-14-4-2-3-11(7-14)8-15-17-9-13-6-5-12(16)10-18(13)15/h2-7,9-10H,8H2,1H3. The Morgan fingerprint density at radius 2 is 2.16 bits per heavy atom. The predicted molar refractivity (Wildman–Crippen MR) is 76.0 cm³/mol. The molecular weight excluding hydrogens is 260 g/mol. The molecule has 0 aliphatic rings. The van der Waals surface area contributed by atoms with Gasteiger partial charge in [-0.1, -0.05) is 23.7 Å². The van der Waals surface area contributed by atoms with Crippen LogP contribution in [0.4, 0.5) is 0 Å². The topological polar surface area (TPSA) is 26.5 Å². The Balaban J connectivity index is 1.98. The molecule has 3 rings (SSSR count).